The summed E-state index contributed by atoms with van der Waals surface area (Å²) in [5, 5.41) is 14.6. The number of aromatic hydroxyl groups is 1. The molecule has 0 unspecified atom stereocenters. The van der Waals surface area contributed by atoms with Crippen LogP contribution >= 0.6 is 0 Å². The third-order valence-corrected chi connectivity index (χ3v) is 5.48. The van der Waals surface area contributed by atoms with E-state index in [4.69, 9.17) is 0 Å². The second-order valence-electron chi connectivity index (χ2n) is 7.27. The lowest BCUT2D eigenvalue weighted by Crippen LogP contribution is -2.49. The van der Waals surface area contributed by atoms with E-state index in [1.807, 2.05) is 46.0 Å². The fraction of sp³-hybridized carbons (Fsp3) is 0.304. The van der Waals surface area contributed by atoms with Crippen LogP contribution in [0.3, 0.4) is 0 Å². The first-order valence-electron chi connectivity index (χ1n) is 10.1. The van der Waals surface area contributed by atoms with Gasteiger partial charge in [0, 0.05) is 26.2 Å². The highest BCUT2D eigenvalue weighted by Gasteiger charge is 2.26. The van der Waals surface area contributed by atoms with Crippen molar-refractivity contribution in [2.75, 3.05) is 31.1 Å². The van der Waals surface area contributed by atoms with E-state index in [1.54, 1.807) is 12.3 Å². The third kappa shape index (κ3) is 3.97. The number of para-hydroxylation sites is 2. The van der Waals surface area contributed by atoms with E-state index < -0.39 is 0 Å². The molecule has 1 saturated heterocycles. The minimum absolute atomic E-state index is 0.0399. The zero-order chi connectivity index (χ0) is 20.2. The Morgan fingerprint density at radius 2 is 1.69 bits per heavy atom. The predicted molar refractivity (Wildman–Crippen MR) is 113 cm³/mol. The van der Waals surface area contributed by atoms with E-state index in [-0.39, 0.29) is 11.7 Å². The van der Waals surface area contributed by atoms with Gasteiger partial charge in [0.15, 0.2) is 0 Å². The van der Waals surface area contributed by atoms with Crippen LogP contribution in [0.1, 0.15) is 28.5 Å². The van der Waals surface area contributed by atoms with Gasteiger partial charge in [-0.25, -0.2) is 0 Å². The van der Waals surface area contributed by atoms with Crippen molar-refractivity contribution in [3.8, 4) is 5.75 Å². The summed E-state index contributed by atoms with van der Waals surface area (Å²) in [7, 11) is 0. The first kappa shape index (κ1) is 19.1. The molecule has 1 aliphatic rings. The average Bonchev–Trinajstić information content (AvgIpc) is 3.17. The molecule has 1 amide bonds. The van der Waals surface area contributed by atoms with E-state index in [1.165, 1.54) is 5.56 Å². The van der Waals surface area contributed by atoms with Crippen molar-refractivity contribution in [1.82, 2.24) is 14.7 Å². The van der Waals surface area contributed by atoms with Gasteiger partial charge in [0.1, 0.15) is 5.75 Å². The quantitative estimate of drug-likeness (QED) is 0.727. The highest BCUT2D eigenvalue weighted by Crippen LogP contribution is 2.27. The fourth-order valence-corrected chi connectivity index (χ4v) is 3.91. The van der Waals surface area contributed by atoms with Gasteiger partial charge in [0.2, 0.25) is 0 Å². The summed E-state index contributed by atoms with van der Waals surface area (Å²) in [6.07, 6.45) is 2.46. The van der Waals surface area contributed by atoms with Crippen molar-refractivity contribution >= 4 is 11.6 Å². The lowest BCUT2D eigenvalue weighted by atomic mass is 10.1. The number of rotatable bonds is 5. The van der Waals surface area contributed by atoms with Crippen molar-refractivity contribution in [3.05, 3.63) is 77.6 Å². The van der Waals surface area contributed by atoms with Crippen LogP contribution < -0.4 is 4.90 Å². The smallest absolute Gasteiger partial charge is 0.257 e. The number of phenolic OH excluding ortho intramolecular Hbond substituents is 1. The average molecular weight is 390 g/mol. The largest absolute Gasteiger partial charge is 0.506 e. The molecule has 6 heteroatoms. The van der Waals surface area contributed by atoms with Gasteiger partial charge in [-0.3, -0.25) is 9.48 Å². The van der Waals surface area contributed by atoms with E-state index in [2.05, 4.69) is 29.1 Å². The number of hydrogen-bond acceptors (Lipinski definition) is 4. The first-order chi connectivity index (χ1) is 14.2. The molecule has 0 aliphatic carbocycles. The van der Waals surface area contributed by atoms with Crippen molar-refractivity contribution < 1.29 is 9.90 Å². The van der Waals surface area contributed by atoms with Crippen LogP contribution in [0.5, 0.6) is 5.75 Å². The van der Waals surface area contributed by atoms with Crippen molar-refractivity contribution in [2.45, 2.75) is 19.9 Å². The second kappa shape index (κ2) is 8.39. The zero-order valence-corrected chi connectivity index (χ0v) is 16.7. The summed E-state index contributed by atoms with van der Waals surface area (Å²) in [5.41, 5.74) is 3.66. The van der Waals surface area contributed by atoms with Crippen molar-refractivity contribution in [3.63, 3.8) is 0 Å². The Bertz CT molecular complexity index is 976. The van der Waals surface area contributed by atoms with Gasteiger partial charge in [0.05, 0.1) is 29.7 Å². The summed E-state index contributed by atoms with van der Waals surface area (Å²) in [6, 6.07) is 17.5. The summed E-state index contributed by atoms with van der Waals surface area (Å²) in [4.78, 5) is 17.2. The molecule has 150 valence electrons. The van der Waals surface area contributed by atoms with Crippen molar-refractivity contribution in [2.24, 2.45) is 0 Å². The molecule has 1 aromatic heterocycles. The summed E-state index contributed by atoms with van der Waals surface area (Å²) in [6.45, 7) is 5.37. The Morgan fingerprint density at radius 1 is 1.00 bits per heavy atom. The number of amides is 1. The molecule has 0 radical (unpaired) electrons. The maximum atomic E-state index is 13.2. The molecule has 1 fully saturated rings. The fourth-order valence-electron chi connectivity index (χ4n) is 3.91. The van der Waals surface area contributed by atoms with Crippen LogP contribution in [-0.2, 0) is 13.0 Å². The molecule has 6 nitrogen and oxygen atoms in total. The topological polar surface area (TPSA) is 61.6 Å². The SMILES string of the molecule is CCc1c(C(=O)N2CCN(c3ccccc3O)CC2)cnn1Cc1ccccc1. The number of nitrogens with zero attached hydrogens (tertiary/aromatic N) is 4. The summed E-state index contributed by atoms with van der Waals surface area (Å²) < 4.78 is 1.93. The number of carbonyl (C=O) groups excluding carboxylic acids is 1. The molecule has 0 bridgehead atoms. The summed E-state index contributed by atoms with van der Waals surface area (Å²) >= 11 is 0. The molecular formula is C23H26N4O2. The van der Waals surface area contributed by atoms with Gasteiger partial charge in [-0.15, -0.1) is 0 Å². The van der Waals surface area contributed by atoms with E-state index in [0.717, 1.165) is 17.8 Å². The lowest BCUT2D eigenvalue weighted by Gasteiger charge is -2.36. The Morgan fingerprint density at radius 3 is 2.38 bits per heavy atom. The zero-order valence-electron chi connectivity index (χ0n) is 16.7. The van der Waals surface area contributed by atoms with Gasteiger partial charge >= 0.3 is 0 Å². The van der Waals surface area contributed by atoms with Gasteiger partial charge in [0.25, 0.3) is 5.91 Å². The van der Waals surface area contributed by atoms with Crippen LogP contribution in [0.4, 0.5) is 5.69 Å². The normalized spacial score (nSPS) is 14.2. The summed E-state index contributed by atoms with van der Waals surface area (Å²) in [5.74, 6) is 0.320. The third-order valence-electron chi connectivity index (χ3n) is 5.48. The van der Waals surface area contributed by atoms with Crippen LogP contribution in [0.25, 0.3) is 0 Å². The van der Waals surface area contributed by atoms with E-state index >= 15 is 0 Å². The maximum absolute atomic E-state index is 13.2. The molecular weight excluding hydrogens is 364 g/mol. The van der Waals surface area contributed by atoms with Crippen LogP contribution in [-0.4, -0.2) is 51.9 Å². The number of benzene rings is 2. The van der Waals surface area contributed by atoms with Crippen LogP contribution in [0.2, 0.25) is 0 Å². The number of carbonyl (C=O) groups is 1. The van der Waals surface area contributed by atoms with Crippen molar-refractivity contribution in [1.29, 1.82) is 0 Å². The molecule has 0 spiro atoms. The highest BCUT2D eigenvalue weighted by molar-refractivity contribution is 5.95. The number of phenols is 1. The Balaban J connectivity index is 1.46. The molecule has 3 aromatic rings. The molecule has 0 atom stereocenters. The lowest BCUT2D eigenvalue weighted by molar-refractivity contribution is 0.0745. The van der Waals surface area contributed by atoms with Gasteiger partial charge in [-0.2, -0.15) is 5.10 Å². The van der Waals surface area contributed by atoms with E-state index in [0.29, 0.717) is 38.3 Å². The maximum Gasteiger partial charge on any atom is 0.257 e. The monoisotopic (exact) mass is 390 g/mol. The number of anilines is 1. The Kier molecular flexibility index (Phi) is 5.51. The second-order valence-corrected chi connectivity index (χ2v) is 7.27. The predicted octanol–water partition coefficient (Wildman–Crippen LogP) is 3.16. The molecule has 0 saturated carbocycles. The highest BCUT2D eigenvalue weighted by atomic mass is 16.3. The molecule has 1 N–H and O–H groups in total. The van der Waals surface area contributed by atoms with Crippen LogP contribution in [0, 0.1) is 0 Å². The Labute approximate surface area is 171 Å². The molecule has 2 aromatic carbocycles. The van der Waals surface area contributed by atoms with Gasteiger partial charge < -0.3 is 14.9 Å². The minimum atomic E-state index is 0.0399. The first-order valence-corrected chi connectivity index (χ1v) is 10.1. The number of piperazine rings is 1. The molecule has 29 heavy (non-hydrogen) atoms. The molecule has 2 heterocycles. The van der Waals surface area contributed by atoms with Gasteiger partial charge in [-0.1, -0.05) is 49.4 Å². The molecule has 1 aliphatic heterocycles. The van der Waals surface area contributed by atoms with E-state index in [9.17, 15) is 9.90 Å². The number of hydrogen-bond donors (Lipinski definition) is 1. The Hall–Kier alpha value is -3.28. The standard InChI is InChI=1S/C23H26N4O2/c1-2-20-19(16-24-27(20)17-18-8-4-3-5-9-18)23(29)26-14-12-25(13-15-26)21-10-6-7-11-22(21)28/h3-11,16,28H,2,12-15,17H2,1H3. The molecule has 4 rings (SSSR count). The number of aromatic nitrogens is 2. The van der Waals surface area contributed by atoms with Gasteiger partial charge in [-0.05, 0) is 24.1 Å². The van der Waals surface area contributed by atoms with Crippen LogP contribution in [0.15, 0.2) is 60.8 Å². The minimum Gasteiger partial charge on any atom is -0.506 e.